The van der Waals surface area contributed by atoms with Crippen LogP contribution in [0.5, 0.6) is 5.75 Å². The van der Waals surface area contributed by atoms with E-state index in [-0.39, 0.29) is 0 Å². The molecule has 4 heteroatoms. The number of ether oxygens (including phenoxy) is 1. The Kier molecular flexibility index (Phi) is 4.59. The second kappa shape index (κ2) is 7.35. The normalized spacial score (nSPS) is 11.6. The predicted molar refractivity (Wildman–Crippen MR) is 109 cm³/mol. The molecule has 0 saturated carbocycles. The molecule has 1 heterocycles. The van der Waals surface area contributed by atoms with Crippen LogP contribution in [0.25, 0.3) is 33.5 Å². The van der Waals surface area contributed by atoms with Crippen molar-refractivity contribution >= 4 is 33.5 Å². The molecule has 0 aliphatic rings. The number of benzene rings is 3. The van der Waals surface area contributed by atoms with Crippen molar-refractivity contribution in [2.45, 2.75) is 13.3 Å². The van der Waals surface area contributed by atoms with Crippen molar-refractivity contribution in [2.24, 2.45) is 0 Å². The molecule has 4 aromatic rings. The lowest BCUT2D eigenvalue weighted by molar-refractivity contribution is 0.317. The number of hydrogen-bond acceptors (Lipinski definition) is 3. The van der Waals surface area contributed by atoms with Gasteiger partial charge in [-0.05, 0) is 41.5 Å². The van der Waals surface area contributed by atoms with Crippen molar-refractivity contribution < 1.29 is 4.74 Å². The number of H-pyrrole nitrogens is 1. The summed E-state index contributed by atoms with van der Waals surface area (Å²) in [6.45, 7) is 2.71. The molecule has 3 aromatic carbocycles. The van der Waals surface area contributed by atoms with E-state index >= 15 is 0 Å². The smallest absolute Gasteiger partial charge is 0.149 e. The first-order chi connectivity index (χ1) is 13.3. The fourth-order valence-corrected chi connectivity index (χ4v) is 3.14. The molecule has 0 aliphatic carbocycles. The summed E-state index contributed by atoms with van der Waals surface area (Å²) in [6.07, 6.45) is 2.79. The summed E-state index contributed by atoms with van der Waals surface area (Å²) in [5, 5.41) is 11.9. The number of imidazole rings is 1. The number of fused-ring (bicyclic) bond motifs is 2. The fourth-order valence-electron chi connectivity index (χ4n) is 3.14. The number of hydrogen-bond donors (Lipinski definition) is 1. The Labute approximate surface area is 157 Å². The van der Waals surface area contributed by atoms with Crippen LogP contribution in [0.4, 0.5) is 0 Å². The number of para-hydroxylation sites is 2. The zero-order valence-corrected chi connectivity index (χ0v) is 15.1. The van der Waals surface area contributed by atoms with Crippen LogP contribution in [0.2, 0.25) is 0 Å². The van der Waals surface area contributed by atoms with Gasteiger partial charge in [-0.3, -0.25) is 0 Å². The van der Waals surface area contributed by atoms with Crippen LogP contribution in [0.15, 0.2) is 60.7 Å². The molecule has 4 rings (SSSR count). The molecule has 0 saturated heterocycles. The molecule has 0 bridgehead atoms. The molecule has 4 nitrogen and oxygen atoms in total. The van der Waals surface area contributed by atoms with Crippen LogP contribution in [-0.2, 0) is 0 Å². The Bertz CT molecular complexity index is 1150. The minimum Gasteiger partial charge on any atom is -0.493 e. The minimum absolute atomic E-state index is 0.476. The van der Waals surface area contributed by atoms with Gasteiger partial charge in [0.25, 0.3) is 0 Å². The Hall–Kier alpha value is -3.58. The van der Waals surface area contributed by atoms with Crippen LogP contribution >= 0.6 is 0 Å². The maximum atomic E-state index is 9.79. The average Bonchev–Trinajstić information content (AvgIpc) is 3.14. The average molecular weight is 353 g/mol. The molecule has 1 N–H and O–H groups in total. The lowest BCUT2D eigenvalue weighted by Crippen LogP contribution is -1.98. The first-order valence-electron chi connectivity index (χ1n) is 9.01. The molecule has 0 fully saturated rings. The van der Waals surface area contributed by atoms with Crippen molar-refractivity contribution in [2.75, 3.05) is 6.61 Å². The summed E-state index contributed by atoms with van der Waals surface area (Å²) in [7, 11) is 0. The molecule has 1 aromatic heterocycles. The monoisotopic (exact) mass is 353 g/mol. The molecular weight excluding hydrogens is 334 g/mol. The van der Waals surface area contributed by atoms with E-state index in [4.69, 9.17) is 4.74 Å². The van der Waals surface area contributed by atoms with Gasteiger partial charge in [0, 0.05) is 5.56 Å². The highest BCUT2D eigenvalue weighted by Crippen LogP contribution is 2.32. The SMILES string of the molecule is CCCOc1ccc2ccccc2c1C=C(C#N)c1nc2ccccc2[nH]1. The molecule has 0 radical (unpaired) electrons. The van der Waals surface area contributed by atoms with Gasteiger partial charge in [0.1, 0.15) is 17.6 Å². The zero-order valence-electron chi connectivity index (χ0n) is 15.1. The van der Waals surface area contributed by atoms with Gasteiger partial charge < -0.3 is 9.72 Å². The molecule has 0 amide bonds. The van der Waals surface area contributed by atoms with Gasteiger partial charge in [-0.1, -0.05) is 49.4 Å². The molecule has 27 heavy (non-hydrogen) atoms. The molecule has 0 aliphatic heterocycles. The predicted octanol–water partition coefficient (Wildman–Crippen LogP) is 5.57. The summed E-state index contributed by atoms with van der Waals surface area (Å²) in [5.41, 5.74) is 3.13. The standard InChI is InChI=1S/C23H19N3O/c1-2-13-27-22-12-11-16-7-3-4-8-18(16)19(22)14-17(15-24)23-25-20-9-5-6-10-21(20)26-23/h3-12,14H,2,13H2,1H3,(H,25,26). The van der Waals surface area contributed by atoms with Crippen molar-refractivity contribution in [1.82, 2.24) is 9.97 Å². The lowest BCUT2D eigenvalue weighted by atomic mass is 10.0. The Morgan fingerprint density at radius 3 is 2.74 bits per heavy atom. The van der Waals surface area contributed by atoms with Gasteiger partial charge in [0.15, 0.2) is 0 Å². The second-order valence-electron chi connectivity index (χ2n) is 6.32. The van der Waals surface area contributed by atoms with Crippen LogP contribution < -0.4 is 4.74 Å². The first kappa shape index (κ1) is 16.9. The van der Waals surface area contributed by atoms with Gasteiger partial charge in [-0.2, -0.15) is 5.26 Å². The van der Waals surface area contributed by atoms with E-state index in [1.165, 1.54) is 0 Å². The largest absolute Gasteiger partial charge is 0.493 e. The summed E-state index contributed by atoms with van der Waals surface area (Å²) in [5.74, 6) is 1.34. The van der Waals surface area contributed by atoms with Crippen molar-refractivity contribution in [3.05, 3.63) is 72.1 Å². The van der Waals surface area contributed by atoms with Gasteiger partial charge in [-0.25, -0.2) is 4.98 Å². The minimum atomic E-state index is 0.476. The van der Waals surface area contributed by atoms with E-state index in [9.17, 15) is 5.26 Å². The Balaban J connectivity index is 1.89. The van der Waals surface area contributed by atoms with Crippen LogP contribution in [0, 0.1) is 11.3 Å². The molecule has 0 atom stereocenters. The highest BCUT2D eigenvalue weighted by atomic mass is 16.5. The molecule has 0 unspecified atom stereocenters. The van der Waals surface area contributed by atoms with E-state index < -0.39 is 0 Å². The summed E-state index contributed by atoms with van der Waals surface area (Å²) >= 11 is 0. The maximum Gasteiger partial charge on any atom is 0.149 e. The van der Waals surface area contributed by atoms with Crippen LogP contribution in [0.1, 0.15) is 24.7 Å². The van der Waals surface area contributed by atoms with Crippen molar-refractivity contribution in [1.29, 1.82) is 5.26 Å². The third kappa shape index (κ3) is 3.28. The Morgan fingerprint density at radius 2 is 1.93 bits per heavy atom. The van der Waals surface area contributed by atoms with E-state index in [1.54, 1.807) is 0 Å². The maximum absolute atomic E-state index is 9.79. The van der Waals surface area contributed by atoms with Gasteiger partial charge in [0.2, 0.25) is 0 Å². The zero-order chi connectivity index (χ0) is 18.6. The number of aromatic amines is 1. The van der Waals surface area contributed by atoms with Crippen LogP contribution in [0.3, 0.4) is 0 Å². The van der Waals surface area contributed by atoms with Gasteiger partial charge in [-0.15, -0.1) is 0 Å². The molecular formula is C23H19N3O. The molecule has 0 spiro atoms. The number of rotatable bonds is 5. The number of aromatic nitrogens is 2. The van der Waals surface area contributed by atoms with Gasteiger partial charge >= 0.3 is 0 Å². The highest BCUT2D eigenvalue weighted by molar-refractivity contribution is 6.00. The number of nitrogens with zero attached hydrogens (tertiary/aromatic N) is 2. The summed E-state index contributed by atoms with van der Waals surface area (Å²) in [4.78, 5) is 7.80. The first-order valence-corrected chi connectivity index (χ1v) is 9.01. The molecule has 132 valence electrons. The van der Waals surface area contributed by atoms with Gasteiger partial charge in [0.05, 0.1) is 23.2 Å². The van der Waals surface area contributed by atoms with Crippen LogP contribution in [-0.4, -0.2) is 16.6 Å². The highest BCUT2D eigenvalue weighted by Gasteiger charge is 2.12. The second-order valence-corrected chi connectivity index (χ2v) is 6.32. The van der Waals surface area contributed by atoms with E-state index in [1.807, 2.05) is 60.7 Å². The fraction of sp³-hybridized carbons (Fsp3) is 0.130. The quantitative estimate of drug-likeness (QED) is 0.477. The Morgan fingerprint density at radius 1 is 1.11 bits per heavy atom. The number of nitriles is 1. The lowest BCUT2D eigenvalue weighted by Gasteiger charge is -2.11. The van der Waals surface area contributed by atoms with Crippen molar-refractivity contribution in [3.8, 4) is 11.8 Å². The van der Waals surface area contributed by atoms with E-state index in [0.29, 0.717) is 18.0 Å². The van der Waals surface area contributed by atoms with E-state index in [0.717, 1.165) is 39.5 Å². The number of nitrogens with one attached hydrogen (secondary N) is 1. The topological polar surface area (TPSA) is 61.7 Å². The number of allylic oxidation sites excluding steroid dienone is 1. The third-order valence-electron chi connectivity index (χ3n) is 4.45. The summed E-state index contributed by atoms with van der Waals surface area (Å²) in [6, 6.07) is 22.2. The third-order valence-corrected chi connectivity index (χ3v) is 4.45. The van der Waals surface area contributed by atoms with Crippen molar-refractivity contribution in [3.63, 3.8) is 0 Å². The summed E-state index contributed by atoms with van der Waals surface area (Å²) < 4.78 is 5.95. The van der Waals surface area contributed by atoms with E-state index in [2.05, 4.69) is 29.0 Å².